The van der Waals surface area contributed by atoms with Crippen molar-refractivity contribution in [2.75, 3.05) is 7.11 Å². The monoisotopic (exact) mass is 263 g/mol. The smallest absolute Gasteiger partial charge is 0.119 e. The van der Waals surface area contributed by atoms with Gasteiger partial charge in [0, 0.05) is 18.0 Å². The summed E-state index contributed by atoms with van der Waals surface area (Å²) in [6.45, 7) is 2.10. The van der Waals surface area contributed by atoms with Crippen molar-refractivity contribution in [1.29, 1.82) is 0 Å². The average molecular weight is 263 g/mol. The predicted molar refractivity (Wildman–Crippen MR) is 82.3 cm³/mol. The molecule has 0 radical (unpaired) electrons. The number of fused-ring (bicyclic) bond motifs is 1. The minimum Gasteiger partial charge on any atom is -0.497 e. The summed E-state index contributed by atoms with van der Waals surface area (Å²) in [6, 6.07) is 16.8. The van der Waals surface area contributed by atoms with E-state index in [-0.39, 0.29) is 0 Å². The summed E-state index contributed by atoms with van der Waals surface area (Å²) in [4.78, 5) is 4.54. The molecule has 100 valence electrons. The minimum absolute atomic E-state index is 0.851. The van der Waals surface area contributed by atoms with Crippen molar-refractivity contribution in [1.82, 2.24) is 4.98 Å². The van der Waals surface area contributed by atoms with E-state index >= 15 is 0 Å². The molecular weight excluding hydrogens is 246 g/mol. The third-order valence-corrected chi connectivity index (χ3v) is 3.55. The normalized spacial score (nSPS) is 10.7. The Balaban J connectivity index is 2.01. The van der Waals surface area contributed by atoms with Crippen LogP contribution in [0.5, 0.6) is 5.75 Å². The van der Waals surface area contributed by atoms with Crippen molar-refractivity contribution in [3.05, 3.63) is 71.5 Å². The lowest BCUT2D eigenvalue weighted by Crippen LogP contribution is -1.94. The first-order chi connectivity index (χ1) is 9.76. The molecule has 0 N–H and O–H groups in total. The van der Waals surface area contributed by atoms with Gasteiger partial charge in [-0.1, -0.05) is 29.8 Å². The van der Waals surface area contributed by atoms with Crippen molar-refractivity contribution >= 4 is 10.8 Å². The maximum Gasteiger partial charge on any atom is 0.119 e. The minimum atomic E-state index is 0.851. The Kier molecular flexibility index (Phi) is 3.38. The molecule has 0 atom stereocenters. The second kappa shape index (κ2) is 5.33. The van der Waals surface area contributed by atoms with Crippen LogP contribution in [0.4, 0.5) is 0 Å². The Labute approximate surface area is 119 Å². The third kappa shape index (κ3) is 2.50. The van der Waals surface area contributed by atoms with Gasteiger partial charge in [-0.2, -0.15) is 0 Å². The van der Waals surface area contributed by atoms with Crippen molar-refractivity contribution in [2.24, 2.45) is 0 Å². The summed E-state index contributed by atoms with van der Waals surface area (Å²) in [5.41, 5.74) is 3.67. The van der Waals surface area contributed by atoms with Gasteiger partial charge < -0.3 is 4.74 Å². The molecule has 1 heterocycles. The maximum atomic E-state index is 5.27. The van der Waals surface area contributed by atoms with Crippen molar-refractivity contribution in [2.45, 2.75) is 13.3 Å². The Morgan fingerprint density at radius 3 is 2.55 bits per heavy atom. The van der Waals surface area contributed by atoms with E-state index < -0.39 is 0 Å². The zero-order valence-electron chi connectivity index (χ0n) is 11.8. The Hall–Kier alpha value is -2.35. The van der Waals surface area contributed by atoms with Crippen molar-refractivity contribution < 1.29 is 4.74 Å². The molecule has 3 rings (SSSR count). The molecule has 2 heteroatoms. The number of benzene rings is 2. The molecule has 0 spiro atoms. The number of aryl methyl sites for hydroxylation is 1. The molecule has 20 heavy (non-hydrogen) atoms. The molecule has 1 aromatic heterocycles. The lowest BCUT2D eigenvalue weighted by atomic mass is 10.0. The van der Waals surface area contributed by atoms with E-state index in [0.717, 1.165) is 17.9 Å². The number of rotatable bonds is 3. The van der Waals surface area contributed by atoms with E-state index in [0.29, 0.717) is 0 Å². The Bertz CT molecular complexity index is 732. The Morgan fingerprint density at radius 2 is 1.80 bits per heavy atom. The van der Waals surface area contributed by atoms with Gasteiger partial charge in [0.2, 0.25) is 0 Å². The van der Waals surface area contributed by atoms with Gasteiger partial charge in [0.1, 0.15) is 5.75 Å². The van der Waals surface area contributed by atoms with E-state index in [2.05, 4.69) is 48.3 Å². The topological polar surface area (TPSA) is 22.1 Å². The zero-order valence-corrected chi connectivity index (χ0v) is 11.8. The zero-order chi connectivity index (χ0) is 13.9. The summed E-state index contributed by atoms with van der Waals surface area (Å²) < 4.78 is 5.27. The highest BCUT2D eigenvalue weighted by Gasteiger charge is 2.05. The van der Waals surface area contributed by atoms with Crippen LogP contribution in [0.2, 0.25) is 0 Å². The standard InChI is InChI=1S/C18H17NO/c1-13-3-5-14(6-4-13)11-18-17-8-7-16(20-2)12-15(17)9-10-19-18/h3-10,12H,11H2,1-2H3. The summed E-state index contributed by atoms with van der Waals surface area (Å²) in [5.74, 6) is 0.880. The largest absolute Gasteiger partial charge is 0.497 e. The van der Waals surface area contributed by atoms with E-state index in [1.54, 1.807) is 7.11 Å². The molecule has 3 aromatic rings. The highest BCUT2D eigenvalue weighted by atomic mass is 16.5. The molecule has 2 aromatic carbocycles. The second-order valence-electron chi connectivity index (χ2n) is 5.01. The van der Waals surface area contributed by atoms with Gasteiger partial charge in [0.25, 0.3) is 0 Å². The summed E-state index contributed by atoms with van der Waals surface area (Å²) in [5, 5.41) is 2.36. The number of methoxy groups -OCH3 is 1. The highest BCUT2D eigenvalue weighted by Crippen LogP contribution is 2.24. The second-order valence-corrected chi connectivity index (χ2v) is 5.01. The molecule has 0 unspecified atom stereocenters. The fourth-order valence-corrected chi connectivity index (χ4v) is 2.39. The van der Waals surface area contributed by atoms with Gasteiger partial charge in [0.15, 0.2) is 0 Å². The van der Waals surface area contributed by atoms with E-state index in [9.17, 15) is 0 Å². The molecule has 0 aliphatic rings. The Morgan fingerprint density at radius 1 is 1.00 bits per heavy atom. The quantitative estimate of drug-likeness (QED) is 0.708. The van der Waals surface area contributed by atoms with Crippen LogP contribution in [0.25, 0.3) is 10.8 Å². The van der Waals surface area contributed by atoms with Gasteiger partial charge in [-0.15, -0.1) is 0 Å². The highest BCUT2D eigenvalue weighted by molar-refractivity contribution is 5.86. The number of aromatic nitrogens is 1. The van der Waals surface area contributed by atoms with Crippen LogP contribution >= 0.6 is 0 Å². The summed E-state index contributed by atoms with van der Waals surface area (Å²) in [6.07, 6.45) is 2.72. The molecule has 0 saturated carbocycles. The fourth-order valence-electron chi connectivity index (χ4n) is 2.39. The first-order valence-corrected chi connectivity index (χ1v) is 6.73. The van der Waals surface area contributed by atoms with Gasteiger partial charge in [-0.25, -0.2) is 0 Å². The van der Waals surface area contributed by atoms with Crippen LogP contribution in [0.15, 0.2) is 54.7 Å². The number of nitrogens with zero attached hydrogens (tertiary/aromatic N) is 1. The summed E-state index contributed by atoms with van der Waals surface area (Å²) >= 11 is 0. The number of ether oxygens (including phenoxy) is 1. The third-order valence-electron chi connectivity index (χ3n) is 3.55. The summed E-state index contributed by atoms with van der Waals surface area (Å²) in [7, 11) is 1.69. The first kappa shape index (κ1) is 12.7. The van der Waals surface area contributed by atoms with Crippen molar-refractivity contribution in [3.63, 3.8) is 0 Å². The molecule has 0 aliphatic heterocycles. The van der Waals surface area contributed by atoms with Crippen LogP contribution in [-0.4, -0.2) is 12.1 Å². The number of pyridine rings is 1. The van der Waals surface area contributed by atoms with Gasteiger partial charge >= 0.3 is 0 Å². The molecular formula is C18H17NO. The SMILES string of the molecule is COc1ccc2c(Cc3ccc(C)cc3)nccc2c1. The molecule has 0 aliphatic carbocycles. The van der Waals surface area contributed by atoms with Crippen LogP contribution < -0.4 is 4.74 Å². The average Bonchev–Trinajstić information content (AvgIpc) is 2.49. The van der Waals surface area contributed by atoms with Crippen molar-refractivity contribution in [3.8, 4) is 5.75 Å². The van der Waals surface area contributed by atoms with Gasteiger partial charge in [0.05, 0.1) is 12.8 Å². The molecule has 2 nitrogen and oxygen atoms in total. The molecule has 0 fully saturated rings. The lowest BCUT2D eigenvalue weighted by molar-refractivity contribution is 0.415. The molecule has 0 bridgehead atoms. The van der Waals surface area contributed by atoms with Crippen LogP contribution in [0.1, 0.15) is 16.8 Å². The van der Waals surface area contributed by atoms with Crippen LogP contribution in [-0.2, 0) is 6.42 Å². The van der Waals surface area contributed by atoms with E-state index in [4.69, 9.17) is 4.74 Å². The first-order valence-electron chi connectivity index (χ1n) is 6.73. The van der Waals surface area contributed by atoms with Crippen LogP contribution in [0, 0.1) is 6.92 Å². The van der Waals surface area contributed by atoms with E-state index in [1.165, 1.54) is 21.9 Å². The molecule has 0 amide bonds. The van der Waals surface area contributed by atoms with Gasteiger partial charge in [-0.3, -0.25) is 4.98 Å². The number of hydrogen-bond acceptors (Lipinski definition) is 2. The molecule has 0 saturated heterocycles. The van der Waals surface area contributed by atoms with E-state index in [1.807, 2.05) is 18.3 Å². The number of hydrogen-bond donors (Lipinski definition) is 0. The lowest BCUT2D eigenvalue weighted by Gasteiger charge is -2.08. The maximum absolute atomic E-state index is 5.27. The van der Waals surface area contributed by atoms with Crippen LogP contribution in [0.3, 0.4) is 0 Å². The van der Waals surface area contributed by atoms with Gasteiger partial charge in [-0.05, 0) is 42.1 Å². The predicted octanol–water partition coefficient (Wildman–Crippen LogP) is 4.14. The fraction of sp³-hybridized carbons (Fsp3) is 0.167.